The van der Waals surface area contributed by atoms with Crippen LogP contribution in [0, 0.1) is 11.7 Å². The zero-order chi connectivity index (χ0) is 21.2. The van der Waals surface area contributed by atoms with E-state index in [1.165, 1.54) is 32.1 Å². The summed E-state index contributed by atoms with van der Waals surface area (Å²) in [5.41, 5.74) is -1.80. The van der Waals surface area contributed by atoms with Gasteiger partial charge in [0.25, 0.3) is 0 Å². The molecule has 0 N–H and O–H groups in total. The molecule has 28 heavy (non-hydrogen) atoms. The van der Waals surface area contributed by atoms with Crippen LogP contribution in [0.25, 0.3) is 0 Å². The number of carbonyl (C=O) groups excluding carboxylic acids is 2. The summed E-state index contributed by atoms with van der Waals surface area (Å²) in [5.74, 6) is -4.65. The molecule has 0 aromatic heterocycles. The first-order chi connectivity index (χ1) is 13.0. The van der Waals surface area contributed by atoms with Gasteiger partial charge < -0.3 is 9.47 Å². The van der Waals surface area contributed by atoms with E-state index in [0.29, 0.717) is 0 Å². The zero-order valence-electron chi connectivity index (χ0n) is 16.0. The summed E-state index contributed by atoms with van der Waals surface area (Å²) in [7, 11) is 0. The predicted molar refractivity (Wildman–Crippen MR) is 97.3 cm³/mol. The number of esters is 2. The molecule has 0 saturated carbocycles. The van der Waals surface area contributed by atoms with Crippen molar-refractivity contribution >= 4 is 11.9 Å². The number of halogens is 3. The van der Waals surface area contributed by atoms with E-state index in [1.54, 1.807) is 13.8 Å². The lowest BCUT2D eigenvalue weighted by atomic mass is 9.75. The second-order valence-electron chi connectivity index (χ2n) is 7.08. The van der Waals surface area contributed by atoms with Gasteiger partial charge in [-0.25, -0.2) is 18.0 Å². The summed E-state index contributed by atoms with van der Waals surface area (Å²) in [4.78, 5) is 23.2. The topological polar surface area (TPSA) is 52.6 Å². The first-order valence-electron chi connectivity index (χ1n) is 8.59. The maximum atomic E-state index is 14.9. The normalized spacial score (nSPS) is 21.6. The summed E-state index contributed by atoms with van der Waals surface area (Å²) in [6, 6.07) is 3.48. The molecule has 0 radical (unpaired) electrons. The number of alkyl halides is 1. The van der Waals surface area contributed by atoms with Crippen LogP contribution in [-0.4, -0.2) is 18.1 Å². The van der Waals surface area contributed by atoms with E-state index in [2.05, 4.69) is 6.58 Å². The van der Waals surface area contributed by atoms with Gasteiger partial charge in [-0.3, -0.25) is 4.79 Å². The van der Waals surface area contributed by atoms with Gasteiger partial charge in [0.05, 0.1) is 11.3 Å². The molecule has 0 aliphatic heterocycles. The van der Waals surface area contributed by atoms with E-state index < -0.39 is 46.8 Å². The Morgan fingerprint density at radius 3 is 2.39 bits per heavy atom. The van der Waals surface area contributed by atoms with Gasteiger partial charge in [0.2, 0.25) is 0 Å². The second kappa shape index (κ2) is 8.04. The van der Waals surface area contributed by atoms with E-state index in [0.717, 1.165) is 12.1 Å². The van der Waals surface area contributed by atoms with Gasteiger partial charge in [-0.1, -0.05) is 32.6 Å². The van der Waals surface area contributed by atoms with E-state index in [1.807, 2.05) is 0 Å². The zero-order valence-corrected chi connectivity index (χ0v) is 16.0. The molecule has 1 aromatic carbocycles. The molecule has 0 saturated heterocycles. The van der Waals surface area contributed by atoms with Crippen molar-refractivity contribution in [2.75, 3.05) is 0 Å². The first kappa shape index (κ1) is 21.5. The highest BCUT2D eigenvalue weighted by Crippen LogP contribution is 2.42. The van der Waals surface area contributed by atoms with Gasteiger partial charge in [0.15, 0.2) is 17.8 Å². The second-order valence-corrected chi connectivity index (χ2v) is 7.08. The monoisotopic (exact) mass is 394 g/mol. The molecule has 1 aliphatic rings. The molecule has 2 unspecified atom stereocenters. The summed E-state index contributed by atoms with van der Waals surface area (Å²) >= 11 is 0. The third-order valence-electron chi connectivity index (χ3n) is 4.33. The molecule has 2 rings (SSSR count). The van der Waals surface area contributed by atoms with Crippen molar-refractivity contribution in [3.63, 3.8) is 0 Å². The number of allylic oxidation sites excluding steroid dienone is 3. The molecule has 0 amide bonds. The SMILES string of the molecule is C=C(C)C(=O)OC1=C(F)C(F)C(C)(c2ccc(OC(=O)C(C)C)cc2F)C=C1. The van der Waals surface area contributed by atoms with Gasteiger partial charge in [0.1, 0.15) is 11.6 Å². The highest BCUT2D eigenvalue weighted by atomic mass is 19.2. The Hall–Kier alpha value is -2.83. The number of hydrogen-bond acceptors (Lipinski definition) is 4. The maximum Gasteiger partial charge on any atom is 0.338 e. The molecule has 4 nitrogen and oxygen atoms in total. The molecule has 0 spiro atoms. The van der Waals surface area contributed by atoms with Crippen molar-refractivity contribution < 1.29 is 32.2 Å². The van der Waals surface area contributed by atoms with Crippen LogP contribution in [0.4, 0.5) is 13.2 Å². The van der Waals surface area contributed by atoms with E-state index >= 15 is 0 Å². The molecule has 0 fully saturated rings. The minimum Gasteiger partial charge on any atom is -0.426 e. The van der Waals surface area contributed by atoms with Crippen molar-refractivity contribution in [1.82, 2.24) is 0 Å². The van der Waals surface area contributed by atoms with Crippen molar-refractivity contribution in [2.24, 2.45) is 5.92 Å². The largest absolute Gasteiger partial charge is 0.426 e. The Labute approximate surface area is 161 Å². The number of rotatable bonds is 5. The third kappa shape index (κ3) is 4.18. The smallest absolute Gasteiger partial charge is 0.338 e. The van der Waals surface area contributed by atoms with Crippen molar-refractivity contribution in [1.29, 1.82) is 0 Å². The molecule has 0 heterocycles. The van der Waals surface area contributed by atoms with Gasteiger partial charge in [-0.15, -0.1) is 0 Å². The number of hydrogen-bond donors (Lipinski definition) is 0. The molecule has 1 aliphatic carbocycles. The molecule has 1 aromatic rings. The van der Waals surface area contributed by atoms with Crippen LogP contribution in [0.1, 0.15) is 33.3 Å². The minimum atomic E-state index is -2.29. The summed E-state index contributed by atoms with van der Waals surface area (Å²) in [6.07, 6.45) is 0.0160. The number of benzene rings is 1. The highest BCUT2D eigenvalue weighted by molar-refractivity contribution is 5.88. The summed E-state index contributed by atoms with van der Waals surface area (Å²) in [5, 5.41) is 0. The van der Waals surface area contributed by atoms with Gasteiger partial charge in [0, 0.05) is 17.2 Å². The molecule has 7 heteroatoms. The van der Waals surface area contributed by atoms with Crippen LogP contribution < -0.4 is 4.74 Å². The lowest BCUT2D eigenvalue weighted by Gasteiger charge is -2.33. The summed E-state index contributed by atoms with van der Waals surface area (Å²) < 4.78 is 53.7. The van der Waals surface area contributed by atoms with E-state index in [9.17, 15) is 22.8 Å². The number of ether oxygens (including phenoxy) is 2. The minimum absolute atomic E-state index is 0.0232. The lowest BCUT2D eigenvalue weighted by Crippen LogP contribution is -2.36. The van der Waals surface area contributed by atoms with Crippen molar-refractivity contribution in [2.45, 2.75) is 39.3 Å². The Kier molecular flexibility index (Phi) is 6.17. The molecule has 2 atom stereocenters. The molecular weight excluding hydrogens is 373 g/mol. The molecule has 0 bridgehead atoms. The van der Waals surface area contributed by atoms with Crippen LogP contribution in [0.2, 0.25) is 0 Å². The fourth-order valence-corrected chi connectivity index (χ4v) is 2.53. The predicted octanol–water partition coefficient (Wildman–Crippen LogP) is 4.85. The Morgan fingerprint density at radius 2 is 1.86 bits per heavy atom. The van der Waals surface area contributed by atoms with Crippen molar-refractivity contribution in [3.8, 4) is 5.75 Å². The number of carbonyl (C=O) groups is 2. The Morgan fingerprint density at radius 1 is 1.21 bits per heavy atom. The fourth-order valence-electron chi connectivity index (χ4n) is 2.53. The highest BCUT2D eigenvalue weighted by Gasteiger charge is 2.43. The van der Waals surface area contributed by atoms with Gasteiger partial charge in [-0.05, 0) is 26.0 Å². The fraction of sp³-hybridized carbons (Fsp3) is 0.333. The molecule has 150 valence electrons. The maximum absolute atomic E-state index is 14.9. The Bertz CT molecular complexity index is 886. The van der Waals surface area contributed by atoms with Gasteiger partial charge in [-0.2, -0.15) is 0 Å². The summed E-state index contributed by atoms with van der Waals surface area (Å²) in [6.45, 7) is 9.30. The lowest BCUT2D eigenvalue weighted by molar-refractivity contribution is -0.138. The van der Waals surface area contributed by atoms with Crippen LogP contribution >= 0.6 is 0 Å². The van der Waals surface area contributed by atoms with E-state index in [-0.39, 0.29) is 16.9 Å². The van der Waals surface area contributed by atoms with Crippen LogP contribution in [-0.2, 0) is 19.7 Å². The quantitative estimate of drug-likeness (QED) is 0.407. The Balaban J connectivity index is 2.32. The van der Waals surface area contributed by atoms with Crippen LogP contribution in [0.3, 0.4) is 0 Å². The van der Waals surface area contributed by atoms with Crippen LogP contribution in [0.15, 0.2) is 54.1 Å². The van der Waals surface area contributed by atoms with Gasteiger partial charge >= 0.3 is 11.9 Å². The van der Waals surface area contributed by atoms with E-state index in [4.69, 9.17) is 9.47 Å². The van der Waals surface area contributed by atoms with Crippen molar-refractivity contribution in [3.05, 3.63) is 65.5 Å². The average Bonchev–Trinajstić information content (AvgIpc) is 2.62. The van der Waals surface area contributed by atoms with Crippen LogP contribution in [0.5, 0.6) is 5.75 Å². The molecular formula is C21H21F3O4. The standard InChI is InChI=1S/C21H21F3O4/c1-11(2)19(25)27-13-6-7-14(15(22)10-13)21(5)9-8-16(17(23)18(21)24)28-20(26)12(3)4/h6-11,18H,3H2,1-2,4-5H3. The first-order valence-corrected chi connectivity index (χ1v) is 8.59. The third-order valence-corrected chi connectivity index (χ3v) is 4.33. The average molecular weight is 394 g/mol.